The second kappa shape index (κ2) is 5.78. The number of nitrogens with zero attached hydrogens (tertiary/aromatic N) is 1. The van der Waals surface area contributed by atoms with Crippen molar-refractivity contribution in [2.75, 3.05) is 6.54 Å². The third-order valence-electron chi connectivity index (χ3n) is 3.54. The fraction of sp³-hybridized carbons (Fsp3) is 0.769. The van der Waals surface area contributed by atoms with Crippen LogP contribution >= 0.6 is 11.3 Å². The van der Waals surface area contributed by atoms with E-state index in [1.54, 1.807) is 11.3 Å². The molecule has 0 radical (unpaired) electrons. The lowest BCUT2D eigenvalue weighted by molar-refractivity contribution is 0.456. The van der Waals surface area contributed by atoms with E-state index in [1.807, 2.05) is 6.20 Å². The van der Waals surface area contributed by atoms with Crippen molar-refractivity contribution < 1.29 is 0 Å². The van der Waals surface area contributed by atoms with E-state index in [0.29, 0.717) is 6.04 Å². The smallest absolute Gasteiger partial charge is 0.0897 e. The molecule has 2 nitrogen and oxygen atoms in total. The van der Waals surface area contributed by atoms with Gasteiger partial charge in [0.1, 0.15) is 0 Å². The van der Waals surface area contributed by atoms with Crippen LogP contribution in [0.2, 0.25) is 0 Å². The molecule has 1 aliphatic rings. The molecular weight excluding hydrogens is 216 g/mol. The first kappa shape index (κ1) is 12.1. The Bertz CT molecular complexity index is 315. The first-order chi connectivity index (χ1) is 7.75. The molecule has 0 spiro atoms. The molecule has 0 aliphatic heterocycles. The Labute approximate surface area is 102 Å². The van der Waals surface area contributed by atoms with Crippen molar-refractivity contribution in [2.45, 2.75) is 52.0 Å². The van der Waals surface area contributed by atoms with Crippen molar-refractivity contribution in [3.8, 4) is 0 Å². The van der Waals surface area contributed by atoms with Gasteiger partial charge in [0, 0.05) is 17.1 Å². The molecule has 1 heterocycles. The number of hydrogen-bond donors (Lipinski definition) is 1. The summed E-state index contributed by atoms with van der Waals surface area (Å²) >= 11 is 1.80. The van der Waals surface area contributed by atoms with E-state index in [4.69, 9.17) is 0 Å². The van der Waals surface area contributed by atoms with Crippen LogP contribution in [0.1, 0.15) is 55.0 Å². The van der Waals surface area contributed by atoms with Crippen LogP contribution in [0.3, 0.4) is 0 Å². The summed E-state index contributed by atoms with van der Waals surface area (Å²) in [6, 6.07) is 0.465. The van der Waals surface area contributed by atoms with Crippen molar-refractivity contribution in [3.05, 3.63) is 16.1 Å². The summed E-state index contributed by atoms with van der Waals surface area (Å²) in [5.41, 5.74) is 0. The first-order valence-electron chi connectivity index (χ1n) is 6.41. The molecule has 1 fully saturated rings. The standard InChI is InChI=1S/C13H22N2S/c1-10(13-9-15-11(2)16-13)14-8-7-12-5-3-4-6-12/h9-10,12,14H,3-8H2,1-2H3. The van der Waals surface area contributed by atoms with Gasteiger partial charge < -0.3 is 5.32 Å². The molecule has 0 saturated heterocycles. The van der Waals surface area contributed by atoms with Gasteiger partial charge in [0.15, 0.2) is 0 Å². The maximum atomic E-state index is 4.30. The third-order valence-corrected chi connectivity index (χ3v) is 4.64. The van der Waals surface area contributed by atoms with E-state index in [2.05, 4.69) is 24.1 Å². The lowest BCUT2D eigenvalue weighted by Gasteiger charge is -2.14. The zero-order valence-corrected chi connectivity index (χ0v) is 11.1. The van der Waals surface area contributed by atoms with Crippen LogP contribution < -0.4 is 5.32 Å². The Kier molecular flexibility index (Phi) is 4.36. The van der Waals surface area contributed by atoms with Crippen molar-refractivity contribution >= 4 is 11.3 Å². The molecule has 0 aromatic carbocycles. The van der Waals surface area contributed by atoms with Gasteiger partial charge in [-0.05, 0) is 32.7 Å². The van der Waals surface area contributed by atoms with Crippen LogP contribution in [-0.2, 0) is 0 Å². The quantitative estimate of drug-likeness (QED) is 0.846. The minimum absolute atomic E-state index is 0.465. The zero-order valence-electron chi connectivity index (χ0n) is 10.3. The SMILES string of the molecule is Cc1ncc(C(C)NCCC2CCCC2)s1. The Balaban J connectivity index is 1.69. The normalized spacial score (nSPS) is 19.1. The monoisotopic (exact) mass is 238 g/mol. The molecular formula is C13H22N2S. The van der Waals surface area contributed by atoms with Crippen LogP contribution in [0, 0.1) is 12.8 Å². The van der Waals surface area contributed by atoms with Crippen molar-refractivity contribution in [1.29, 1.82) is 0 Å². The van der Waals surface area contributed by atoms with Crippen LogP contribution in [0.15, 0.2) is 6.20 Å². The van der Waals surface area contributed by atoms with Crippen LogP contribution in [0.25, 0.3) is 0 Å². The number of rotatable bonds is 5. The van der Waals surface area contributed by atoms with Gasteiger partial charge in [-0.2, -0.15) is 0 Å². The number of aromatic nitrogens is 1. The summed E-state index contributed by atoms with van der Waals surface area (Å²) < 4.78 is 0. The Morgan fingerprint density at radius 1 is 1.50 bits per heavy atom. The lowest BCUT2D eigenvalue weighted by atomic mass is 10.0. The zero-order chi connectivity index (χ0) is 11.4. The second-order valence-electron chi connectivity index (χ2n) is 4.90. The molecule has 0 amide bonds. The molecule has 1 aliphatic carbocycles. The fourth-order valence-electron chi connectivity index (χ4n) is 2.48. The highest BCUT2D eigenvalue weighted by molar-refractivity contribution is 7.11. The molecule has 1 N–H and O–H groups in total. The average Bonchev–Trinajstić information content (AvgIpc) is 2.89. The van der Waals surface area contributed by atoms with E-state index in [-0.39, 0.29) is 0 Å². The third kappa shape index (κ3) is 3.29. The summed E-state index contributed by atoms with van der Waals surface area (Å²) in [5.74, 6) is 0.989. The lowest BCUT2D eigenvalue weighted by Crippen LogP contribution is -2.20. The maximum Gasteiger partial charge on any atom is 0.0897 e. The Morgan fingerprint density at radius 3 is 2.88 bits per heavy atom. The molecule has 1 saturated carbocycles. The summed E-state index contributed by atoms with van der Waals surface area (Å²) in [5, 5.41) is 4.78. The van der Waals surface area contributed by atoms with Gasteiger partial charge in [-0.1, -0.05) is 25.7 Å². The van der Waals surface area contributed by atoms with Crippen LogP contribution in [0.5, 0.6) is 0 Å². The van der Waals surface area contributed by atoms with Gasteiger partial charge in [-0.15, -0.1) is 11.3 Å². The number of hydrogen-bond acceptors (Lipinski definition) is 3. The van der Waals surface area contributed by atoms with Gasteiger partial charge in [-0.25, -0.2) is 4.98 Å². The molecule has 2 rings (SSSR count). The Hall–Kier alpha value is -0.410. The highest BCUT2D eigenvalue weighted by Gasteiger charge is 2.15. The van der Waals surface area contributed by atoms with Crippen molar-refractivity contribution in [3.63, 3.8) is 0 Å². The van der Waals surface area contributed by atoms with Crippen molar-refractivity contribution in [2.24, 2.45) is 5.92 Å². The summed E-state index contributed by atoms with van der Waals surface area (Å²) in [4.78, 5) is 5.67. The van der Waals surface area contributed by atoms with Gasteiger partial charge >= 0.3 is 0 Å². The Morgan fingerprint density at radius 2 is 2.25 bits per heavy atom. The van der Waals surface area contributed by atoms with E-state index >= 15 is 0 Å². The molecule has 16 heavy (non-hydrogen) atoms. The molecule has 3 heteroatoms. The van der Waals surface area contributed by atoms with Crippen LogP contribution in [0.4, 0.5) is 0 Å². The number of nitrogens with one attached hydrogen (secondary N) is 1. The van der Waals surface area contributed by atoms with Gasteiger partial charge in [0.05, 0.1) is 5.01 Å². The van der Waals surface area contributed by atoms with Crippen LogP contribution in [-0.4, -0.2) is 11.5 Å². The molecule has 1 unspecified atom stereocenters. The summed E-state index contributed by atoms with van der Waals surface area (Å²) in [7, 11) is 0. The topological polar surface area (TPSA) is 24.9 Å². The van der Waals surface area contributed by atoms with E-state index in [1.165, 1.54) is 42.0 Å². The average molecular weight is 238 g/mol. The van der Waals surface area contributed by atoms with E-state index in [0.717, 1.165) is 12.5 Å². The highest BCUT2D eigenvalue weighted by atomic mass is 32.1. The molecule has 0 bridgehead atoms. The molecule has 1 atom stereocenters. The van der Waals surface area contributed by atoms with Gasteiger partial charge in [-0.3, -0.25) is 0 Å². The maximum absolute atomic E-state index is 4.30. The highest BCUT2D eigenvalue weighted by Crippen LogP contribution is 2.27. The molecule has 1 aromatic rings. The fourth-order valence-corrected chi connectivity index (χ4v) is 3.29. The minimum atomic E-state index is 0.465. The predicted molar refractivity (Wildman–Crippen MR) is 69.8 cm³/mol. The molecule has 1 aromatic heterocycles. The van der Waals surface area contributed by atoms with E-state index < -0.39 is 0 Å². The number of aryl methyl sites for hydroxylation is 1. The molecule has 90 valence electrons. The van der Waals surface area contributed by atoms with Crippen molar-refractivity contribution in [1.82, 2.24) is 10.3 Å². The summed E-state index contributed by atoms with van der Waals surface area (Å²) in [6.07, 6.45) is 9.17. The van der Waals surface area contributed by atoms with E-state index in [9.17, 15) is 0 Å². The largest absolute Gasteiger partial charge is 0.309 e. The predicted octanol–water partition coefficient (Wildman–Crippen LogP) is 3.68. The van der Waals surface area contributed by atoms with Gasteiger partial charge in [0.2, 0.25) is 0 Å². The minimum Gasteiger partial charge on any atom is -0.309 e. The first-order valence-corrected chi connectivity index (χ1v) is 7.23. The van der Waals surface area contributed by atoms with Gasteiger partial charge in [0.25, 0.3) is 0 Å². The summed E-state index contributed by atoms with van der Waals surface area (Å²) in [6.45, 7) is 5.46. The second-order valence-corrected chi connectivity index (χ2v) is 6.16. The number of thiazole rings is 1.